The number of halogens is 1. The number of aryl methyl sites for hydroxylation is 1. The monoisotopic (exact) mass is 230 g/mol. The van der Waals surface area contributed by atoms with Crippen LogP contribution in [-0.2, 0) is 0 Å². The molecule has 0 amide bonds. The number of benzene rings is 1. The SMILES string of the molecule is Cc1ccc(F)c(NC(C)c2cccnc2)c1. The van der Waals surface area contributed by atoms with Gasteiger partial charge in [-0.1, -0.05) is 12.1 Å². The maximum absolute atomic E-state index is 13.6. The van der Waals surface area contributed by atoms with Gasteiger partial charge in [-0.2, -0.15) is 0 Å². The fourth-order valence-electron chi connectivity index (χ4n) is 1.70. The molecule has 0 bridgehead atoms. The summed E-state index contributed by atoms with van der Waals surface area (Å²) < 4.78 is 13.6. The van der Waals surface area contributed by atoms with Crippen LogP contribution < -0.4 is 5.32 Å². The molecule has 0 aliphatic heterocycles. The minimum absolute atomic E-state index is 0.0278. The Balaban J connectivity index is 2.18. The van der Waals surface area contributed by atoms with Crippen LogP contribution in [-0.4, -0.2) is 4.98 Å². The van der Waals surface area contributed by atoms with Gasteiger partial charge in [-0.05, 0) is 43.2 Å². The number of rotatable bonds is 3. The van der Waals surface area contributed by atoms with Crippen molar-refractivity contribution in [2.45, 2.75) is 19.9 Å². The lowest BCUT2D eigenvalue weighted by Crippen LogP contribution is -2.08. The van der Waals surface area contributed by atoms with Crippen molar-refractivity contribution in [2.24, 2.45) is 0 Å². The molecule has 0 radical (unpaired) electrons. The number of nitrogens with zero attached hydrogens (tertiary/aromatic N) is 1. The Kier molecular flexibility index (Phi) is 3.38. The van der Waals surface area contributed by atoms with E-state index in [1.165, 1.54) is 6.07 Å². The average Bonchev–Trinajstić information content (AvgIpc) is 2.35. The van der Waals surface area contributed by atoms with Crippen LogP contribution in [0.15, 0.2) is 42.7 Å². The predicted molar refractivity (Wildman–Crippen MR) is 67.4 cm³/mol. The zero-order chi connectivity index (χ0) is 12.3. The second kappa shape index (κ2) is 4.95. The summed E-state index contributed by atoms with van der Waals surface area (Å²) in [5, 5.41) is 3.15. The lowest BCUT2D eigenvalue weighted by Gasteiger charge is -2.16. The first-order chi connectivity index (χ1) is 8.16. The molecular weight excluding hydrogens is 215 g/mol. The first-order valence-corrected chi connectivity index (χ1v) is 5.59. The maximum Gasteiger partial charge on any atom is 0.146 e. The molecule has 1 N–H and O–H groups in total. The Bertz CT molecular complexity index is 497. The Hall–Kier alpha value is -1.90. The molecule has 1 heterocycles. The number of anilines is 1. The minimum atomic E-state index is -0.230. The fraction of sp³-hybridized carbons (Fsp3) is 0.214. The highest BCUT2D eigenvalue weighted by atomic mass is 19.1. The van der Waals surface area contributed by atoms with Gasteiger partial charge in [-0.3, -0.25) is 4.98 Å². The van der Waals surface area contributed by atoms with Gasteiger partial charge >= 0.3 is 0 Å². The molecule has 0 aliphatic rings. The second-order valence-electron chi connectivity index (χ2n) is 4.14. The molecule has 0 saturated heterocycles. The van der Waals surface area contributed by atoms with Crippen LogP contribution in [0.4, 0.5) is 10.1 Å². The van der Waals surface area contributed by atoms with E-state index in [4.69, 9.17) is 0 Å². The van der Waals surface area contributed by atoms with Crippen LogP contribution in [0.1, 0.15) is 24.1 Å². The van der Waals surface area contributed by atoms with Gasteiger partial charge in [0, 0.05) is 12.4 Å². The Morgan fingerprint density at radius 3 is 2.82 bits per heavy atom. The Labute approximate surface area is 101 Å². The molecule has 0 aliphatic carbocycles. The lowest BCUT2D eigenvalue weighted by atomic mass is 10.1. The van der Waals surface area contributed by atoms with E-state index < -0.39 is 0 Å². The van der Waals surface area contributed by atoms with E-state index in [-0.39, 0.29) is 11.9 Å². The number of aromatic nitrogens is 1. The summed E-state index contributed by atoms with van der Waals surface area (Å²) in [6.07, 6.45) is 3.51. The standard InChI is InChI=1S/C14H15FN2/c1-10-5-6-13(15)14(8-10)17-11(2)12-4-3-7-16-9-12/h3-9,11,17H,1-2H3. The van der Waals surface area contributed by atoms with E-state index in [0.717, 1.165) is 11.1 Å². The maximum atomic E-state index is 13.6. The van der Waals surface area contributed by atoms with Crippen LogP contribution in [0, 0.1) is 12.7 Å². The van der Waals surface area contributed by atoms with Gasteiger partial charge in [0.15, 0.2) is 0 Å². The molecule has 1 unspecified atom stereocenters. The number of hydrogen-bond acceptors (Lipinski definition) is 2. The van der Waals surface area contributed by atoms with Crippen LogP contribution in [0.25, 0.3) is 0 Å². The van der Waals surface area contributed by atoms with Crippen molar-refractivity contribution in [3.8, 4) is 0 Å². The summed E-state index contributed by atoms with van der Waals surface area (Å²) in [6.45, 7) is 3.93. The van der Waals surface area contributed by atoms with Crippen LogP contribution in [0.2, 0.25) is 0 Å². The summed E-state index contributed by atoms with van der Waals surface area (Å²) in [7, 11) is 0. The molecule has 3 heteroatoms. The summed E-state index contributed by atoms with van der Waals surface area (Å²) in [4.78, 5) is 4.05. The predicted octanol–water partition coefficient (Wildman–Crippen LogP) is 3.70. The van der Waals surface area contributed by atoms with Crippen molar-refractivity contribution >= 4 is 5.69 Å². The Morgan fingerprint density at radius 1 is 1.29 bits per heavy atom. The van der Waals surface area contributed by atoms with Gasteiger partial charge in [-0.25, -0.2) is 4.39 Å². The normalized spacial score (nSPS) is 12.2. The molecule has 2 aromatic rings. The summed E-state index contributed by atoms with van der Waals surface area (Å²) in [5.74, 6) is -0.230. The van der Waals surface area contributed by atoms with Gasteiger partial charge in [0.2, 0.25) is 0 Å². The zero-order valence-electron chi connectivity index (χ0n) is 9.94. The van der Waals surface area contributed by atoms with Crippen molar-refractivity contribution in [1.82, 2.24) is 4.98 Å². The van der Waals surface area contributed by atoms with Crippen molar-refractivity contribution in [3.63, 3.8) is 0 Å². The van der Waals surface area contributed by atoms with E-state index in [9.17, 15) is 4.39 Å². The molecule has 0 spiro atoms. The lowest BCUT2D eigenvalue weighted by molar-refractivity contribution is 0.627. The first kappa shape index (κ1) is 11.6. The minimum Gasteiger partial charge on any atom is -0.376 e. The molecule has 2 nitrogen and oxygen atoms in total. The smallest absolute Gasteiger partial charge is 0.146 e. The van der Waals surface area contributed by atoms with Crippen molar-refractivity contribution in [3.05, 3.63) is 59.7 Å². The van der Waals surface area contributed by atoms with Crippen molar-refractivity contribution in [2.75, 3.05) is 5.32 Å². The van der Waals surface area contributed by atoms with E-state index in [1.807, 2.05) is 32.0 Å². The summed E-state index contributed by atoms with van der Waals surface area (Å²) in [5.41, 5.74) is 2.60. The molecule has 2 rings (SSSR count). The number of nitrogens with one attached hydrogen (secondary N) is 1. The van der Waals surface area contributed by atoms with Crippen molar-refractivity contribution in [1.29, 1.82) is 0 Å². The van der Waals surface area contributed by atoms with Gasteiger partial charge in [0.25, 0.3) is 0 Å². The van der Waals surface area contributed by atoms with Gasteiger partial charge in [0.1, 0.15) is 5.82 Å². The number of hydrogen-bond donors (Lipinski definition) is 1. The third kappa shape index (κ3) is 2.81. The highest BCUT2D eigenvalue weighted by Gasteiger charge is 2.08. The molecular formula is C14H15FN2. The second-order valence-corrected chi connectivity index (χ2v) is 4.14. The van der Waals surface area contributed by atoms with E-state index in [1.54, 1.807) is 18.5 Å². The Morgan fingerprint density at radius 2 is 2.12 bits per heavy atom. The van der Waals surface area contributed by atoms with E-state index >= 15 is 0 Å². The fourth-order valence-corrected chi connectivity index (χ4v) is 1.70. The molecule has 1 aromatic carbocycles. The molecule has 1 atom stereocenters. The van der Waals surface area contributed by atoms with Crippen LogP contribution in [0.5, 0.6) is 0 Å². The molecule has 88 valence electrons. The van der Waals surface area contributed by atoms with E-state index in [0.29, 0.717) is 5.69 Å². The first-order valence-electron chi connectivity index (χ1n) is 5.59. The molecule has 1 aromatic heterocycles. The van der Waals surface area contributed by atoms with Gasteiger partial charge < -0.3 is 5.32 Å². The highest BCUT2D eigenvalue weighted by Crippen LogP contribution is 2.22. The van der Waals surface area contributed by atoms with Gasteiger partial charge in [-0.15, -0.1) is 0 Å². The average molecular weight is 230 g/mol. The summed E-state index contributed by atoms with van der Waals surface area (Å²) >= 11 is 0. The van der Waals surface area contributed by atoms with Gasteiger partial charge in [0.05, 0.1) is 11.7 Å². The van der Waals surface area contributed by atoms with Crippen LogP contribution >= 0.6 is 0 Å². The highest BCUT2D eigenvalue weighted by molar-refractivity contribution is 5.48. The quantitative estimate of drug-likeness (QED) is 0.869. The van der Waals surface area contributed by atoms with Crippen LogP contribution in [0.3, 0.4) is 0 Å². The molecule has 17 heavy (non-hydrogen) atoms. The third-order valence-electron chi connectivity index (χ3n) is 2.68. The third-order valence-corrected chi connectivity index (χ3v) is 2.68. The molecule has 0 saturated carbocycles. The number of pyridine rings is 1. The zero-order valence-corrected chi connectivity index (χ0v) is 9.94. The van der Waals surface area contributed by atoms with E-state index in [2.05, 4.69) is 10.3 Å². The van der Waals surface area contributed by atoms with Crippen molar-refractivity contribution < 1.29 is 4.39 Å². The largest absolute Gasteiger partial charge is 0.376 e. The topological polar surface area (TPSA) is 24.9 Å². The summed E-state index contributed by atoms with van der Waals surface area (Å²) in [6, 6.07) is 8.92. The molecule has 0 fully saturated rings.